The van der Waals surface area contributed by atoms with Gasteiger partial charge in [0.25, 0.3) is 0 Å². The first-order valence-corrected chi connectivity index (χ1v) is 6.20. The van der Waals surface area contributed by atoms with E-state index in [9.17, 15) is 5.11 Å². The molecule has 0 fully saturated rings. The van der Waals surface area contributed by atoms with E-state index in [0.29, 0.717) is 0 Å². The van der Waals surface area contributed by atoms with Crippen LogP contribution in [0.5, 0.6) is 0 Å². The lowest BCUT2D eigenvalue weighted by Gasteiger charge is -2.30. The SMILES string of the molecule is C#C[C@@](CO)(Nc1ccccc1C)c1ccccc1. The molecule has 0 aliphatic rings. The van der Waals surface area contributed by atoms with Crippen molar-refractivity contribution in [2.75, 3.05) is 11.9 Å². The molecule has 96 valence electrons. The number of rotatable bonds is 4. The van der Waals surface area contributed by atoms with Gasteiger partial charge in [-0.3, -0.25) is 0 Å². The van der Waals surface area contributed by atoms with Gasteiger partial charge in [0.15, 0.2) is 0 Å². The summed E-state index contributed by atoms with van der Waals surface area (Å²) >= 11 is 0. The number of anilines is 1. The molecule has 2 rings (SSSR count). The van der Waals surface area contributed by atoms with E-state index in [4.69, 9.17) is 6.42 Å². The molecule has 0 aliphatic carbocycles. The average molecular weight is 251 g/mol. The van der Waals surface area contributed by atoms with Gasteiger partial charge in [0.1, 0.15) is 5.54 Å². The Kier molecular flexibility index (Phi) is 3.89. The Morgan fingerprint density at radius 1 is 1.11 bits per heavy atom. The molecule has 19 heavy (non-hydrogen) atoms. The summed E-state index contributed by atoms with van der Waals surface area (Å²) in [6.45, 7) is 1.84. The Balaban J connectivity index is 2.42. The number of hydrogen-bond donors (Lipinski definition) is 2. The maximum Gasteiger partial charge on any atom is 0.148 e. The van der Waals surface area contributed by atoms with Crippen molar-refractivity contribution in [3.63, 3.8) is 0 Å². The molecule has 0 spiro atoms. The van der Waals surface area contributed by atoms with Crippen LogP contribution < -0.4 is 5.32 Å². The normalized spacial score (nSPS) is 13.3. The number of nitrogens with one attached hydrogen (secondary N) is 1. The molecule has 2 heteroatoms. The van der Waals surface area contributed by atoms with E-state index in [0.717, 1.165) is 16.8 Å². The van der Waals surface area contributed by atoms with Crippen molar-refractivity contribution in [2.45, 2.75) is 12.5 Å². The standard InChI is InChI=1S/C17H17NO/c1-3-17(13-19,15-10-5-4-6-11-15)18-16-12-8-7-9-14(16)2/h1,4-12,18-19H,13H2,2H3/t17-/m0/s1. The molecule has 2 N–H and O–H groups in total. The zero-order chi connectivity index (χ0) is 13.7. The van der Waals surface area contributed by atoms with Gasteiger partial charge in [-0.05, 0) is 24.1 Å². The summed E-state index contributed by atoms with van der Waals surface area (Å²) in [6, 6.07) is 17.5. The van der Waals surface area contributed by atoms with Crippen LogP contribution in [0.3, 0.4) is 0 Å². The Hall–Kier alpha value is -2.24. The third-order valence-electron chi connectivity index (χ3n) is 3.24. The van der Waals surface area contributed by atoms with Crippen LogP contribution in [0.15, 0.2) is 54.6 Å². The highest BCUT2D eigenvalue weighted by Crippen LogP contribution is 2.27. The van der Waals surface area contributed by atoms with Gasteiger partial charge >= 0.3 is 0 Å². The summed E-state index contributed by atoms with van der Waals surface area (Å²) < 4.78 is 0. The third-order valence-corrected chi connectivity index (χ3v) is 3.24. The second-order valence-electron chi connectivity index (χ2n) is 4.51. The van der Waals surface area contributed by atoms with Gasteiger partial charge in [0.2, 0.25) is 0 Å². The lowest BCUT2D eigenvalue weighted by Crippen LogP contribution is -2.37. The Morgan fingerprint density at radius 3 is 2.32 bits per heavy atom. The van der Waals surface area contributed by atoms with Crippen LogP contribution in [0.1, 0.15) is 11.1 Å². The Labute approximate surface area is 114 Å². The summed E-state index contributed by atoms with van der Waals surface area (Å²) in [7, 11) is 0. The smallest absolute Gasteiger partial charge is 0.148 e. The molecule has 0 aliphatic heterocycles. The lowest BCUT2D eigenvalue weighted by atomic mass is 9.91. The van der Waals surface area contributed by atoms with Crippen molar-refractivity contribution in [2.24, 2.45) is 0 Å². The van der Waals surface area contributed by atoms with Crippen molar-refractivity contribution in [1.82, 2.24) is 0 Å². The summed E-state index contributed by atoms with van der Waals surface area (Å²) in [5.74, 6) is 2.70. The van der Waals surface area contributed by atoms with E-state index in [2.05, 4.69) is 11.2 Å². The molecule has 0 radical (unpaired) electrons. The number of terminal acetylenes is 1. The van der Waals surface area contributed by atoms with E-state index in [1.807, 2.05) is 61.5 Å². The first kappa shape index (κ1) is 13.2. The zero-order valence-electron chi connectivity index (χ0n) is 10.9. The largest absolute Gasteiger partial charge is 0.393 e. The van der Waals surface area contributed by atoms with Crippen LogP contribution in [-0.2, 0) is 5.54 Å². The van der Waals surface area contributed by atoms with Gasteiger partial charge in [-0.2, -0.15) is 0 Å². The molecule has 1 atom stereocenters. The molecule has 0 amide bonds. The van der Waals surface area contributed by atoms with Crippen molar-refractivity contribution < 1.29 is 5.11 Å². The molecule has 0 saturated carbocycles. The minimum atomic E-state index is -0.895. The van der Waals surface area contributed by atoms with Gasteiger partial charge in [-0.25, -0.2) is 0 Å². The zero-order valence-corrected chi connectivity index (χ0v) is 10.9. The van der Waals surface area contributed by atoms with Gasteiger partial charge in [0, 0.05) is 5.69 Å². The topological polar surface area (TPSA) is 32.3 Å². The highest BCUT2D eigenvalue weighted by atomic mass is 16.3. The molecule has 2 aromatic carbocycles. The molecule has 0 bridgehead atoms. The van der Waals surface area contributed by atoms with Crippen molar-refractivity contribution >= 4 is 5.69 Å². The predicted octanol–water partition coefficient (Wildman–Crippen LogP) is 2.93. The second kappa shape index (κ2) is 5.60. The molecule has 2 nitrogen and oxygen atoms in total. The summed E-state index contributed by atoms with van der Waals surface area (Å²) in [5, 5.41) is 13.1. The van der Waals surface area contributed by atoms with E-state index in [1.165, 1.54) is 0 Å². The maximum atomic E-state index is 9.78. The fourth-order valence-corrected chi connectivity index (χ4v) is 2.03. The predicted molar refractivity (Wildman–Crippen MR) is 78.8 cm³/mol. The number of para-hydroxylation sites is 1. The van der Waals surface area contributed by atoms with Crippen molar-refractivity contribution in [1.29, 1.82) is 0 Å². The van der Waals surface area contributed by atoms with Crippen molar-refractivity contribution in [3.8, 4) is 12.3 Å². The van der Waals surface area contributed by atoms with Crippen molar-refractivity contribution in [3.05, 3.63) is 65.7 Å². The van der Waals surface area contributed by atoms with Gasteiger partial charge in [-0.1, -0.05) is 54.5 Å². The summed E-state index contributed by atoms with van der Waals surface area (Å²) in [5.41, 5.74) is 2.00. The molecule has 0 saturated heterocycles. The van der Waals surface area contributed by atoms with E-state index in [-0.39, 0.29) is 6.61 Å². The fourth-order valence-electron chi connectivity index (χ4n) is 2.03. The molecular weight excluding hydrogens is 234 g/mol. The lowest BCUT2D eigenvalue weighted by molar-refractivity contribution is 0.246. The molecule has 2 aromatic rings. The van der Waals surface area contributed by atoms with E-state index < -0.39 is 5.54 Å². The van der Waals surface area contributed by atoms with Crippen LogP contribution in [0.2, 0.25) is 0 Å². The number of aliphatic hydroxyl groups is 1. The monoisotopic (exact) mass is 251 g/mol. The van der Waals surface area contributed by atoms with Crippen LogP contribution >= 0.6 is 0 Å². The first-order chi connectivity index (χ1) is 9.22. The molecule has 0 heterocycles. The second-order valence-corrected chi connectivity index (χ2v) is 4.51. The molecule has 0 unspecified atom stereocenters. The third kappa shape index (κ3) is 2.62. The number of benzene rings is 2. The van der Waals surface area contributed by atoms with Gasteiger partial charge < -0.3 is 10.4 Å². The highest BCUT2D eigenvalue weighted by Gasteiger charge is 2.29. The Bertz CT molecular complexity index is 586. The van der Waals surface area contributed by atoms with Gasteiger partial charge in [0.05, 0.1) is 6.61 Å². The minimum absolute atomic E-state index is 0.165. The summed E-state index contributed by atoms with van der Waals surface area (Å²) in [4.78, 5) is 0. The number of hydrogen-bond acceptors (Lipinski definition) is 2. The Morgan fingerprint density at radius 2 is 1.74 bits per heavy atom. The summed E-state index contributed by atoms with van der Waals surface area (Å²) in [6.07, 6.45) is 5.68. The van der Waals surface area contributed by atoms with E-state index in [1.54, 1.807) is 0 Å². The number of aryl methyl sites for hydroxylation is 1. The molecular formula is C17H17NO. The average Bonchev–Trinajstić information content (AvgIpc) is 2.48. The molecule has 0 aromatic heterocycles. The quantitative estimate of drug-likeness (QED) is 0.819. The number of aliphatic hydroxyl groups excluding tert-OH is 1. The van der Waals surface area contributed by atoms with Crippen LogP contribution in [0, 0.1) is 19.3 Å². The minimum Gasteiger partial charge on any atom is -0.393 e. The van der Waals surface area contributed by atoms with Crippen LogP contribution in [0.25, 0.3) is 0 Å². The van der Waals surface area contributed by atoms with E-state index >= 15 is 0 Å². The van der Waals surface area contributed by atoms with Gasteiger partial charge in [-0.15, -0.1) is 6.42 Å². The first-order valence-electron chi connectivity index (χ1n) is 6.20. The van der Waals surface area contributed by atoms with Crippen LogP contribution in [-0.4, -0.2) is 11.7 Å². The highest BCUT2D eigenvalue weighted by molar-refractivity contribution is 5.56. The fraction of sp³-hybridized carbons (Fsp3) is 0.176. The van der Waals surface area contributed by atoms with Crippen LogP contribution in [0.4, 0.5) is 5.69 Å². The maximum absolute atomic E-state index is 9.78.